The van der Waals surface area contributed by atoms with E-state index >= 15 is 0 Å². The van der Waals surface area contributed by atoms with Gasteiger partial charge in [0.15, 0.2) is 0 Å². The summed E-state index contributed by atoms with van der Waals surface area (Å²) >= 11 is 0. The van der Waals surface area contributed by atoms with E-state index in [1.54, 1.807) is 7.11 Å². The van der Waals surface area contributed by atoms with Crippen molar-refractivity contribution < 1.29 is 4.74 Å². The summed E-state index contributed by atoms with van der Waals surface area (Å²) in [4.78, 5) is 2.55. The van der Waals surface area contributed by atoms with Crippen molar-refractivity contribution in [2.24, 2.45) is 0 Å². The summed E-state index contributed by atoms with van der Waals surface area (Å²) in [5.41, 5.74) is 2.68. The topological polar surface area (TPSA) is 24.5 Å². The third-order valence-corrected chi connectivity index (χ3v) is 3.94. The van der Waals surface area contributed by atoms with Crippen molar-refractivity contribution in [2.45, 2.75) is 45.7 Å². The van der Waals surface area contributed by atoms with Crippen LogP contribution in [-0.2, 0) is 13.1 Å². The first kappa shape index (κ1) is 15.3. The van der Waals surface area contributed by atoms with Crippen LogP contribution in [0.3, 0.4) is 0 Å². The molecule has 2 rings (SSSR count). The molecular weight excluding hydrogens is 248 g/mol. The Bertz CT molecular complexity index is 400. The fourth-order valence-corrected chi connectivity index (χ4v) is 2.83. The minimum absolute atomic E-state index is 0.949. The van der Waals surface area contributed by atoms with E-state index in [-0.39, 0.29) is 0 Å². The lowest BCUT2D eigenvalue weighted by Gasteiger charge is -2.27. The predicted molar refractivity (Wildman–Crippen MR) is 84.1 cm³/mol. The normalized spacial score (nSPS) is 16.3. The van der Waals surface area contributed by atoms with Gasteiger partial charge in [0, 0.05) is 18.7 Å². The predicted octanol–water partition coefficient (Wildman–Crippen LogP) is 3.18. The minimum atomic E-state index is 0.949. The van der Waals surface area contributed by atoms with Gasteiger partial charge in [-0.3, -0.25) is 4.90 Å². The number of likely N-dealkylation sites (tertiary alicyclic amines) is 1. The number of hydrogen-bond acceptors (Lipinski definition) is 3. The maximum Gasteiger partial charge on any atom is 0.123 e. The van der Waals surface area contributed by atoms with Crippen molar-refractivity contribution in [1.29, 1.82) is 0 Å². The zero-order valence-corrected chi connectivity index (χ0v) is 13.0. The van der Waals surface area contributed by atoms with E-state index in [2.05, 4.69) is 35.3 Å². The van der Waals surface area contributed by atoms with E-state index in [9.17, 15) is 0 Å². The van der Waals surface area contributed by atoms with E-state index in [4.69, 9.17) is 4.74 Å². The highest BCUT2D eigenvalue weighted by Gasteiger charge is 2.13. The molecule has 0 saturated carbocycles. The third kappa shape index (κ3) is 4.50. The smallest absolute Gasteiger partial charge is 0.123 e. The average Bonchev–Trinajstić information content (AvgIpc) is 2.49. The van der Waals surface area contributed by atoms with Gasteiger partial charge in [-0.1, -0.05) is 19.4 Å². The van der Waals surface area contributed by atoms with Crippen LogP contribution in [0.1, 0.15) is 43.7 Å². The Morgan fingerprint density at radius 3 is 2.70 bits per heavy atom. The van der Waals surface area contributed by atoms with Gasteiger partial charge in [-0.15, -0.1) is 0 Å². The monoisotopic (exact) mass is 276 g/mol. The quantitative estimate of drug-likeness (QED) is 0.774. The molecule has 3 nitrogen and oxygen atoms in total. The van der Waals surface area contributed by atoms with E-state index in [0.717, 1.165) is 25.4 Å². The van der Waals surface area contributed by atoms with Crippen molar-refractivity contribution in [3.8, 4) is 5.75 Å². The Kier molecular flexibility index (Phi) is 6.34. The number of benzene rings is 1. The molecule has 3 heteroatoms. The lowest BCUT2D eigenvalue weighted by atomic mass is 10.1. The molecule has 112 valence electrons. The molecule has 1 N–H and O–H groups in total. The molecule has 1 heterocycles. The first-order valence-corrected chi connectivity index (χ1v) is 7.92. The van der Waals surface area contributed by atoms with Crippen molar-refractivity contribution >= 4 is 0 Å². The Balaban J connectivity index is 2.01. The standard InChI is InChI=1S/C17H28N2O/c1-3-9-18-13-15-7-8-17(20-2)16(12-15)14-19-10-5-4-6-11-19/h7-8,12,18H,3-6,9-11,13-14H2,1-2H3. The van der Waals surface area contributed by atoms with Crippen LogP contribution >= 0.6 is 0 Å². The van der Waals surface area contributed by atoms with Gasteiger partial charge in [-0.05, 0) is 56.6 Å². The van der Waals surface area contributed by atoms with E-state index in [0.29, 0.717) is 0 Å². The second-order valence-electron chi connectivity index (χ2n) is 5.66. The summed E-state index contributed by atoms with van der Waals surface area (Å²) in [7, 11) is 1.77. The van der Waals surface area contributed by atoms with E-state index in [1.165, 1.54) is 49.9 Å². The molecular formula is C17H28N2O. The van der Waals surface area contributed by atoms with E-state index in [1.807, 2.05) is 0 Å². The number of ether oxygens (including phenoxy) is 1. The van der Waals surface area contributed by atoms with Crippen molar-refractivity contribution in [1.82, 2.24) is 10.2 Å². The average molecular weight is 276 g/mol. The molecule has 1 fully saturated rings. The molecule has 0 atom stereocenters. The lowest BCUT2D eigenvalue weighted by molar-refractivity contribution is 0.218. The minimum Gasteiger partial charge on any atom is -0.496 e. The molecule has 1 aliphatic rings. The van der Waals surface area contributed by atoms with Gasteiger partial charge in [0.1, 0.15) is 5.75 Å². The summed E-state index contributed by atoms with van der Waals surface area (Å²) in [6, 6.07) is 6.58. The largest absolute Gasteiger partial charge is 0.496 e. The number of methoxy groups -OCH3 is 1. The molecule has 0 unspecified atom stereocenters. The molecule has 1 aromatic carbocycles. The third-order valence-electron chi connectivity index (χ3n) is 3.94. The zero-order chi connectivity index (χ0) is 14.2. The molecule has 1 aliphatic heterocycles. The highest BCUT2D eigenvalue weighted by Crippen LogP contribution is 2.23. The summed E-state index contributed by atoms with van der Waals surface area (Å²) in [5.74, 6) is 1.02. The molecule has 1 saturated heterocycles. The van der Waals surface area contributed by atoms with Crippen LogP contribution in [0.4, 0.5) is 0 Å². The second-order valence-corrected chi connectivity index (χ2v) is 5.66. The maximum absolute atomic E-state index is 5.52. The van der Waals surface area contributed by atoms with Crippen molar-refractivity contribution in [3.05, 3.63) is 29.3 Å². The molecule has 0 spiro atoms. The van der Waals surface area contributed by atoms with Crippen LogP contribution in [-0.4, -0.2) is 31.6 Å². The SMILES string of the molecule is CCCNCc1ccc(OC)c(CN2CCCCC2)c1. The van der Waals surface area contributed by atoms with Crippen molar-refractivity contribution in [3.63, 3.8) is 0 Å². The Labute approximate surface area is 123 Å². The Morgan fingerprint density at radius 2 is 2.00 bits per heavy atom. The van der Waals surface area contributed by atoms with Gasteiger partial charge in [-0.2, -0.15) is 0 Å². The van der Waals surface area contributed by atoms with Crippen LogP contribution < -0.4 is 10.1 Å². The summed E-state index contributed by atoms with van der Waals surface area (Å²) < 4.78 is 5.52. The van der Waals surface area contributed by atoms with Crippen LogP contribution in [0.2, 0.25) is 0 Å². The molecule has 0 aliphatic carbocycles. The molecule has 0 aromatic heterocycles. The van der Waals surface area contributed by atoms with Gasteiger partial charge >= 0.3 is 0 Å². The highest BCUT2D eigenvalue weighted by molar-refractivity contribution is 5.37. The summed E-state index contributed by atoms with van der Waals surface area (Å²) in [6.45, 7) is 7.69. The molecule has 0 radical (unpaired) electrons. The van der Waals surface area contributed by atoms with Crippen LogP contribution in [0.25, 0.3) is 0 Å². The zero-order valence-electron chi connectivity index (χ0n) is 13.0. The summed E-state index contributed by atoms with van der Waals surface area (Å²) in [5, 5.41) is 3.47. The van der Waals surface area contributed by atoms with E-state index < -0.39 is 0 Å². The van der Waals surface area contributed by atoms with Crippen LogP contribution in [0.5, 0.6) is 5.75 Å². The van der Waals surface area contributed by atoms with Crippen molar-refractivity contribution in [2.75, 3.05) is 26.7 Å². The lowest BCUT2D eigenvalue weighted by Crippen LogP contribution is -2.29. The molecule has 20 heavy (non-hydrogen) atoms. The first-order chi connectivity index (χ1) is 9.83. The number of hydrogen-bond donors (Lipinski definition) is 1. The maximum atomic E-state index is 5.52. The van der Waals surface area contributed by atoms with Gasteiger partial charge in [0.05, 0.1) is 7.11 Å². The van der Waals surface area contributed by atoms with Crippen LogP contribution in [0.15, 0.2) is 18.2 Å². The number of rotatable bonds is 7. The number of piperidine rings is 1. The molecule has 0 bridgehead atoms. The highest BCUT2D eigenvalue weighted by atomic mass is 16.5. The molecule has 0 amide bonds. The van der Waals surface area contributed by atoms with Crippen LogP contribution in [0, 0.1) is 0 Å². The second kappa shape index (κ2) is 8.28. The fourth-order valence-electron chi connectivity index (χ4n) is 2.83. The van der Waals surface area contributed by atoms with Gasteiger partial charge in [-0.25, -0.2) is 0 Å². The van der Waals surface area contributed by atoms with Gasteiger partial charge in [0.25, 0.3) is 0 Å². The van der Waals surface area contributed by atoms with Gasteiger partial charge in [0.2, 0.25) is 0 Å². The molecule has 1 aromatic rings. The Hall–Kier alpha value is -1.06. The number of nitrogens with zero attached hydrogens (tertiary/aromatic N) is 1. The Morgan fingerprint density at radius 1 is 1.20 bits per heavy atom. The summed E-state index contributed by atoms with van der Waals surface area (Å²) in [6.07, 6.45) is 5.23. The fraction of sp³-hybridized carbons (Fsp3) is 0.647. The van der Waals surface area contributed by atoms with Gasteiger partial charge < -0.3 is 10.1 Å². The number of nitrogens with one attached hydrogen (secondary N) is 1. The first-order valence-electron chi connectivity index (χ1n) is 7.92.